The zero-order valence-corrected chi connectivity index (χ0v) is 14.0. The van der Waals surface area contributed by atoms with Gasteiger partial charge in [0, 0.05) is 37.3 Å². The third-order valence-electron chi connectivity index (χ3n) is 4.38. The van der Waals surface area contributed by atoms with Crippen molar-refractivity contribution in [3.8, 4) is 0 Å². The summed E-state index contributed by atoms with van der Waals surface area (Å²) < 4.78 is 0. The van der Waals surface area contributed by atoms with Gasteiger partial charge >= 0.3 is 0 Å². The Morgan fingerprint density at radius 3 is 2.32 bits per heavy atom. The van der Waals surface area contributed by atoms with Crippen LogP contribution in [0.3, 0.4) is 0 Å². The Bertz CT molecular complexity index is 243. The molecular weight excluding hydrogens is 234 g/mol. The van der Waals surface area contributed by atoms with Gasteiger partial charge in [0.15, 0.2) is 0 Å². The summed E-state index contributed by atoms with van der Waals surface area (Å²) in [6.45, 7) is 19.7. The molecule has 0 radical (unpaired) electrons. The van der Waals surface area contributed by atoms with E-state index >= 15 is 0 Å². The molecule has 0 spiro atoms. The fraction of sp³-hybridized carbons (Fsp3) is 1.00. The summed E-state index contributed by atoms with van der Waals surface area (Å²) in [5.74, 6) is 0. The van der Waals surface area contributed by atoms with Gasteiger partial charge in [0.05, 0.1) is 0 Å². The van der Waals surface area contributed by atoms with Crippen LogP contribution in [0.2, 0.25) is 0 Å². The zero-order valence-electron chi connectivity index (χ0n) is 14.0. The van der Waals surface area contributed by atoms with Crippen molar-refractivity contribution >= 4 is 0 Å². The van der Waals surface area contributed by atoms with Crippen LogP contribution in [0.4, 0.5) is 0 Å². The molecule has 0 aromatic rings. The third-order valence-corrected chi connectivity index (χ3v) is 4.38. The Balaban J connectivity index is 2.46. The van der Waals surface area contributed by atoms with Crippen LogP contribution in [-0.2, 0) is 0 Å². The van der Waals surface area contributed by atoms with Gasteiger partial charge in [0.2, 0.25) is 0 Å². The van der Waals surface area contributed by atoms with Crippen molar-refractivity contribution in [1.82, 2.24) is 15.1 Å². The van der Waals surface area contributed by atoms with Gasteiger partial charge in [0.1, 0.15) is 0 Å². The van der Waals surface area contributed by atoms with Crippen molar-refractivity contribution < 1.29 is 0 Å². The van der Waals surface area contributed by atoms with Gasteiger partial charge in [-0.3, -0.25) is 9.80 Å². The van der Waals surface area contributed by atoms with Crippen LogP contribution in [0.25, 0.3) is 0 Å². The maximum Gasteiger partial charge on any atom is 0.0235 e. The first-order chi connectivity index (χ1) is 8.91. The smallest absolute Gasteiger partial charge is 0.0235 e. The number of hydrogen-bond acceptors (Lipinski definition) is 3. The second-order valence-corrected chi connectivity index (χ2v) is 6.85. The van der Waals surface area contributed by atoms with Crippen molar-refractivity contribution in [2.75, 3.05) is 32.7 Å². The Kier molecular flexibility index (Phi) is 6.78. The largest absolute Gasteiger partial charge is 0.311 e. The highest BCUT2D eigenvalue weighted by Crippen LogP contribution is 2.19. The van der Waals surface area contributed by atoms with E-state index in [9.17, 15) is 0 Å². The van der Waals surface area contributed by atoms with E-state index in [1.165, 1.54) is 39.0 Å². The average molecular weight is 269 g/mol. The molecule has 1 aliphatic heterocycles. The molecule has 0 amide bonds. The molecule has 1 N–H and O–H groups in total. The van der Waals surface area contributed by atoms with E-state index in [1.54, 1.807) is 0 Å². The minimum absolute atomic E-state index is 0.228. The van der Waals surface area contributed by atoms with Crippen LogP contribution in [0.1, 0.15) is 54.4 Å². The van der Waals surface area contributed by atoms with Gasteiger partial charge in [-0.05, 0) is 46.7 Å². The molecule has 0 aromatic heterocycles. The quantitative estimate of drug-likeness (QED) is 0.766. The minimum atomic E-state index is 0.228. The molecule has 0 aliphatic carbocycles. The lowest BCUT2D eigenvalue weighted by atomic mass is 10.1. The summed E-state index contributed by atoms with van der Waals surface area (Å²) in [6, 6.07) is 1.47. The van der Waals surface area contributed by atoms with Crippen LogP contribution in [0.5, 0.6) is 0 Å². The normalized spacial score (nSPS) is 23.2. The summed E-state index contributed by atoms with van der Waals surface area (Å²) >= 11 is 0. The number of rotatable bonds is 7. The number of likely N-dealkylation sites (N-methyl/N-ethyl adjacent to an activating group) is 1. The van der Waals surface area contributed by atoms with E-state index in [-0.39, 0.29) is 5.54 Å². The predicted molar refractivity (Wildman–Crippen MR) is 84.7 cm³/mol. The monoisotopic (exact) mass is 269 g/mol. The molecule has 1 fully saturated rings. The Labute approximate surface area is 120 Å². The van der Waals surface area contributed by atoms with Crippen molar-refractivity contribution in [1.29, 1.82) is 0 Å². The van der Waals surface area contributed by atoms with Crippen molar-refractivity contribution in [3.63, 3.8) is 0 Å². The van der Waals surface area contributed by atoms with Gasteiger partial charge in [-0.2, -0.15) is 0 Å². The minimum Gasteiger partial charge on any atom is -0.311 e. The Hall–Kier alpha value is -0.120. The highest BCUT2D eigenvalue weighted by Gasteiger charge is 2.30. The maximum atomic E-state index is 3.67. The lowest BCUT2D eigenvalue weighted by molar-refractivity contribution is 0.177. The first kappa shape index (κ1) is 16.9. The van der Waals surface area contributed by atoms with E-state index in [0.29, 0.717) is 6.04 Å². The first-order valence-electron chi connectivity index (χ1n) is 8.14. The van der Waals surface area contributed by atoms with Gasteiger partial charge in [-0.25, -0.2) is 0 Å². The standard InChI is InChI=1S/C16H35N3/c1-7-14(12-17-16(4,5)6)19-11-10-15(13-19)18(8-2)9-3/h14-15,17H,7-13H2,1-6H3. The first-order valence-corrected chi connectivity index (χ1v) is 8.14. The molecule has 0 bridgehead atoms. The molecule has 0 aromatic carbocycles. The third kappa shape index (κ3) is 5.41. The second kappa shape index (κ2) is 7.61. The SMILES string of the molecule is CCC(CNC(C)(C)C)N1CCC(N(CC)CC)C1. The van der Waals surface area contributed by atoms with Crippen LogP contribution in [-0.4, -0.2) is 60.1 Å². The second-order valence-electron chi connectivity index (χ2n) is 6.85. The average Bonchev–Trinajstić information content (AvgIpc) is 2.80. The fourth-order valence-electron chi connectivity index (χ4n) is 3.09. The highest BCUT2D eigenvalue weighted by atomic mass is 15.3. The van der Waals surface area contributed by atoms with Crippen molar-refractivity contribution in [2.45, 2.75) is 72.0 Å². The molecule has 3 heteroatoms. The number of nitrogens with zero attached hydrogens (tertiary/aromatic N) is 2. The molecule has 2 atom stereocenters. The molecule has 19 heavy (non-hydrogen) atoms. The summed E-state index contributed by atoms with van der Waals surface area (Å²) in [6.07, 6.45) is 2.59. The summed E-state index contributed by atoms with van der Waals surface area (Å²) in [7, 11) is 0. The van der Waals surface area contributed by atoms with Crippen LogP contribution >= 0.6 is 0 Å². The molecule has 2 unspecified atom stereocenters. The number of likely N-dealkylation sites (tertiary alicyclic amines) is 1. The summed E-state index contributed by atoms with van der Waals surface area (Å²) in [4.78, 5) is 5.31. The summed E-state index contributed by atoms with van der Waals surface area (Å²) in [5.41, 5.74) is 0.228. The molecule has 1 rings (SSSR count). The van der Waals surface area contributed by atoms with Gasteiger partial charge in [-0.1, -0.05) is 20.8 Å². The lowest BCUT2D eigenvalue weighted by Gasteiger charge is -2.32. The Morgan fingerprint density at radius 1 is 1.21 bits per heavy atom. The van der Waals surface area contributed by atoms with Gasteiger partial charge < -0.3 is 5.32 Å². The van der Waals surface area contributed by atoms with Crippen molar-refractivity contribution in [2.24, 2.45) is 0 Å². The van der Waals surface area contributed by atoms with Crippen LogP contribution in [0, 0.1) is 0 Å². The van der Waals surface area contributed by atoms with E-state index in [2.05, 4.69) is 56.7 Å². The molecule has 1 heterocycles. The van der Waals surface area contributed by atoms with E-state index in [0.717, 1.165) is 12.6 Å². The topological polar surface area (TPSA) is 18.5 Å². The molecule has 1 aliphatic rings. The number of hydrogen-bond donors (Lipinski definition) is 1. The molecular formula is C16H35N3. The molecule has 0 saturated carbocycles. The lowest BCUT2D eigenvalue weighted by Crippen LogP contribution is -2.47. The van der Waals surface area contributed by atoms with Gasteiger partial charge in [0.25, 0.3) is 0 Å². The highest BCUT2D eigenvalue weighted by molar-refractivity contribution is 4.88. The van der Waals surface area contributed by atoms with Crippen molar-refractivity contribution in [3.05, 3.63) is 0 Å². The summed E-state index contributed by atoms with van der Waals surface area (Å²) in [5, 5.41) is 3.67. The van der Waals surface area contributed by atoms with E-state index < -0.39 is 0 Å². The zero-order chi connectivity index (χ0) is 14.5. The fourth-order valence-corrected chi connectivity index (χ4v) is 3.09. The maximum absolute atomic E-state index is 3.67. The van der Waals surface area contributed by atoms with Crippen LogP contribution in [0.15, 0.2) is 0 Å². The van der Waals surface area contributed by atoms with E-state index in [4.69, 9.17) is 0 Å². The molecule has 1 saturated heterocycles. The number of nitrogens with one attached hydrogen (secondary N) is 1. The van der Waals surface area contributed by atoms with Crippen LogP contribution < -0.4 is 5.32 Å². The molecule has 114 valence electrons. The van der Waals surface area contributed by atoms with Gasteiger partial charge in [-0.15, -0.1) is 0 Å². The van der Waals surface area contributed by atoms with E-state index in [1.807, 2.05) is 0 Å². The molecule has 3 nitrogen and oxygen atoms in total. The Morgan fingerprint density at radius 2 is 1.84 bits per heavy atom. The predicted octanol–water partition coefficient (Wildman–Crippen LogP) is 2.57.